The van der Waals surface area contributed by atoms with E-state index in [-0.39, 0.29) is 0 Å². The van der Waals surface area contributed by atoms with Gasteiger partial charge in [-0.3, -0.25) is 0 Å². The molecule has 3 heterocycles. The molecule has 2 fully saturated rings. The quantitative estimate of drug-likeness (QED) is 0.870. The van der Waals surface area contributed by atoms with Gasteiger partial charge in [-0.15, -0.1) is 0 Å². The zero-order valence-electron chi connectivity index (χ0n) is 12.9. The second-order valence-electron chi connectivity index (χ2n) is 6.27. The molecule has 2 aliphatic heterocycles. The summed E-state index contributed by atoms with van der Waals surface area (Å²) >= 11 is 0. The molecule has 4 heteroatoms. The van der Waals surface area contributed by atoms with Crippen LogP contribution in [-0.4, -0.2) is 29.2 Å². The molecule has 0 amide bonds. The lowest BCUT2D eigenvalue weighted by Gasteiger charge is -2.40. The van der Waals surface area contributed by atoms with Crippen LogP contribution in [0.5, 0.6) is 5.75 Å². The SMILES string of the molecule is COc1cncnc1C1C[C@H]2CC[C@@H](C1)N2c1ccccc1. The van der Waals surface area contributed by atoms with Gasteiger partial charge in [0.1, 0.15) is 6.33 Å². The Morgan fingerprint density at radius 2 is 1.82 bits per heavy atom. The van der Waals surface area contributed by atoms with Gasteiger partial charge in [-0.05, 0) is 37.8 Å². The Labute approximate surface area is 131 Å². The molecule has 22 heavy (non-hydrogen) atoms. The minimum Gasteiger partial charge on any atom is -0.493 e. The highest BCUT2D eigenvalue weighted by molar-refractivity contribution is 5.50. The zero-order chi connectivity index (χ0) is 14.9. The first kappa shape index (κ1) is 13.6. The van der Waals surface area contributed by atoms with E-state index < -0.39 is 0 Å². The van der Waals surface area contributed by atoms with Crippen LogP contribution < -0.4 is 9.64 Å². The molecule has 0 saturated carbocycles. The third kappa shape index (κ3) is 2.23. The first-order valence-corrected chi connectivity index (χ1v) is 8.04. The number of hydrogen-bond acceptors (Lipinski definition) is 4. The van der Waals surface area contributed by atoms with E-state index in [1.54, 1.807) is 19.6 Å². The molecule has 2 aromatic rings. The molecular formula is C18H21N3O. The first-order chi connectivity index (χ1) is 10.9. The molecular weight excluding hydrogens is 274 g/mol. The van der Waals surface area contributed by atoms with E-state index in [4.69, 9.17) is 4.74 Å². The number of nitrogens with zero attached hydrogens (tertiary/aromatic N) is 3. The fraction of sp³-hybridized carbons (Fsp3) is 0.444. The molecule has 3 atom stereocenters. The van der Waals surface area contributed by atoms with Crippen molar-refractivity contribution in [3.63, 3.8) is 0 Å². The highest BCUT2D eigenvalue weighted by Crippen LogP contribution is 2.46. The lowest BCUT2D eigenvalue weighted by Crippen LogP contribution is -2.42. The van der Waals surface area contributed by atoms with E-state index in [0.29, 0.717) is 18.0 Å². The van der Waals surface area contributed by atoms with Gasteiger partial charge in [0.05, 0.1) is 19.0 Å². The van der Waals surface area contributed by atoms with Gasteiger partial charge in [0, 0.05) is 23.7 Å². The van der Waals surface area contributed by atoms with E-state index in [9.17, 15) is 0 Å². The molecule has 2 aliphatic rings. The molecule has 0 spiro atoms. The van der Waals surface area contributed by atoms with Gasteiger partial charge in [-0.2, -0.15) is 0 Å². The Morgan fingerprint density at radius 3 is 2.50 bits per heavy atom. The summed E-state index contributed by atoms with van der Waals surface area (Å²) in [5.41, 5.74) is 2.45. The third-order valence-corrected chi connectivity index (χ3v) is 5.10. The number of anilines is 1. The molecule has 0 N–H and O–H groups in total. The normalized spacial score (nSPS) is 27.0. The van der Waals surface area contributed by atoms with E-state index in [1.165, 1.54) is 18.5 Å². The molecule has 2 saturated heterocycles. The Hall–Kier alpha value is -2.10. The third-order valence-electron chi connectivity index (χ3n) is 5.10. The van der Waals surface area contributed by atoms with Gasteiger partial charge < -0.3 is 9.64 Å². The predicted molar refractivity (Wildman–Crippen MR) is 86.3 cm³/mol. The van der Waals surface area contributed by atoms with Gasteiger partial charge >= 0.3 is 0 Å². The van der Waals surface area contributed by atoms with Crippen molar-refractivity contribution in [1.29, 1.82) is 0 Å². The summed E-state index contributed by atoms with van der Waals surface area (Å²) in [7, 11) is 1.70. The summed E-state index contributed by atoms with van der Waals surface area (Å²) in [6.45, 7) is 0. The maximum absolute atomic E-state index is 5.46. The van der Waals surface area contributed by atoms with Crippen LogP contribution >= 0.6 is 0 Å². The number of methoxy groups -OCH3 is 1. The number of aromatic nitrogens is 2. The largest absolute Gasteiger partial charge is 0.493 e. The molecule has 2 bridgehead atoms. The molecule has 0 aliphatic carbocycles. The summed E-state index contributed by atoms with van der Waals surface area (Å²) < 4.78 is 5.46. The molecule has 114 valence electrons. The second-order valence-corrected chi connectivity index (χ2v) is 6.27. The minimum absolute atomic E-state index is 0.482. The fourth-order valence-electron chi connectivity index (χ4n) is 4.21. The van der Waals surface area contributed by atoms with Crippen LogP contribution in [0.1, 0.15) is 37.3 Å². The molecule has 0 radical (unpaired) electrons. The maximum atomic E-state index is 5.46. The molecule has 1 aromatic heterocycles. The highest BCUT2D eigenvalue weighted by Gasteiger charge is 2.42. The van der Waals surface area contributed by atoms with Crippen LogP contribution in [-0.2, 0) is 0 Å². The van der Waals surface area contributed by atoms with Crippen LogP contribution in [0.25, 0.3) is 0 Å². The Balaban J connectivity index is 1.60. The van der Waals surface area contributed by atoms with Gasteiger partial charge in [0.25, 0.3) is 0 Å². The summed E-state index contributed by atoms with van der Waals surface area (Å²) in [6.07, 6.45) is 8.29. The summed E-state index contributed by atoms with van der Waals surface area (Å²) in [4.78, 5) is 11.2. The summed E-state index contributed by atoms with van der Waals surface area (Å²) in [5, 5.41) is 0. The molecule has 4 nitrogen and oxygen atoms in total. The Kier molecular flexibility index (Phi) is 3.45. The fourth-order valence-corrected chi connectivity index (χ4v) is 4.21. The average Bonchev–Trinajstić information content (AvgIpc) is 2.85. The van der Waals surface area contributed by atoms with Crippen molar-refractivity contribution in [2.45, 2.75) is 43.7 Å². The van der Waals surface area contributed by atoms with Crippen molar-refractivity contribution in [2.24, 2.45) is 0 Å². The number of piperidine rings is 1. The van der Waals surface area contributed by atoms with Crippen molar-refractivity contribution in [2.75, 3.05) is 12.0 Å². The molecule has 4 rings (SSSR count). The van der Waals surface area contributed by atoms with E-state index in [1.807, 2.05) is 0 Å². The Morgan fingerprint density at radius 1 is 1.09 bits per heavy atom. The van der Waals surface area contributed by atoms with Gasteiger partial charge in [0.2, 0.25) is 0 Å². The van der Waals surface area contributed by atoms with E-state index in [2.05, 4.69) is 45.2 Å². The minimum atomic E-state index is 0.482. The van der Waals surface area contributed by atoms with Crippen molar-refractivity contribution in [1.82, 2.24) is 9.97 Å². The van der Waals surface area contributed by atoms with Crippen LogP contribution in [0, 0.1) is 0 Å². The van der Waals surface area contributed by atoms with Crippen LogP contribution in [0.4, 0.5) is 5.69 Å². The van der Waals surface area contributed by atoms with Crippen LogP contribution in [0.15, 0.2) is 42.9 Å². The topological polar surface area (TPSA) is 38.3 Å². The maximum Gasteiger partial charge on any atom is 0.158 e. The number of ether oxygens (including phenoxy) is 1. The first-order valence-electron chi connectivity index (χ1n) is 8.04. The smallest absolute Gasteiger partial charge is 0.158 e. The highest BCUT2D eigenvalue weighted by atomic mass is 16.5. The number of rotatable bonds is 3. The molecule has 1 unspecified atom stereocenters. The van der Waals surface area contributed by atoms with Crippen molar-refractivity contribution < 1.29 is 4.74 Å². The number of fused-ring (bicyclic) bond motifs is 2. The second kappa shape index (κ2) is 5.59. The lowest BCUT2D eigenvalue weighted by molar-refractivity contribution is 0.370. The summed E-state index contributed by atoms with van der Waals surface area (Å²) in [6, 6.07) is 12.1. The van der Waals surface area contributed by atoms with Gasteiger partial charge in [-0.25, -0.2) is 9.97 Å². The van der Waals surface area contributed by atoms with Crippen molar-refractivity contribution in [3.05, 3.63) is 48.5 Å². The predicted octanol–water partition coefficient (Wildman–Crippen LogP) is 3.40. The number of hydrogen-bond donors (Lipinski definition) is 0. The van der Waals surface area contributed by atoms with Crippen LogP contribution in [0.3, 0.4) is 0 Å². The monoisotopic (exact) mass is 295 g/mol. The number of para-hydroxylation sites is 1. The Bertz CT molecular complexity index is 632. The molecule has 1 aromatic carbocycles. The van der Waals surface area contributed by atoms with Crippen molar-refractivity contribution in [3.8, 4) is 5.75 Å². The van der Waals surface area contributed by atoms with Gasteiger partial charge in [-0.1, -0.05) is 18.2 Å². The number of benzene rings is 1. The lowest BCUT2D eigenvalue weighted by atomic mass is 9.87. The standard InChI is InChI=1S/C18H21N3O/c1-22-17-11-19-12-20-18(17)13-9-15-7-8-16(10-13)21(15)14-5-3-2-4-6-14/h2-6,11-13,15-16H,7-10H2,1H3/t13?,15-,16+. The van der Waals surface area contributed by atoms with Gasteiger partial charge in [0.15, 0.2) is 5.75 Å². The zero-order valence-corrected chi connectivity index (χ0v) is 12.9. The van der Waals surface area contributed by atoms with E-state index >= 15 is 0 Å². The summed E-state index contributed by atoms with van der Waals surface area (Å²) in [5.74, 6) is 1.32. The van der Waals surface area contributed by atoms with Crippen LogP contribution in [0.2, 0.25) is 0 Å². The van der Waals surface area contributed by atoms with E-state index in [0.717, 1.165) is 24.3 Å². The average molecular weight is 295 g/mol. The van der Waals surface area contributed by atoms with Crippen molar-refractivity contribution >= 4 is 5.69 Å².